The highest BCUT2D eigenvalue weighted by Crippen LogP contribution is 2.27. The van der Waals surface area contributed by atoms with Gasteiger partial charge in [0.25, 0.3) is 0 Å². The van der Waals surface area contributed by atoms with Gasteiger partial charge in [-0.05, 0) is 59.2 Å². The van der Waals surface area contributed by atoms with Crippen LogP contribution in [-0.2, 0) is 0 Å². The summed E-state index contributed by atoms with van der Waals surface area (Å²) in [5.41, 5.74) is 4.31. The van der Waals surface area contributed by atoms with Crippen molar-refractivity contribution in [1.82, 2.24) is 5.32 Å². The van der Waals surface area contributed by atoms with Gasteiger partial charge in [0.15, 0.2) is 0 Å². The molecule has 1 N–H and O–H groups in total. The lowest BCUT2D eigenvalue weighted by atomic mass is 10.0. The number of nitrogens with one attached hydrogen (secondary N) is 1. The van der Waals surface area contributed by atoms with Crippen LogP contribution in [0, 0.1) is 13.8 Å². The van der Waals surface area contributed by atoms with Gasteiger partial charge in [0, 0.05) is 23.8 Å². The van der Waals surface area contributed by atoms with Crippen molar-refractivity contribution in [3.05, 3.63) is 29.3 Å². The lowest BCUT2D eigenvalue weighted by molar-refractivity contribution is 0.415. The number of benzene rings is 1. The maximum Gasteiger partial charge on any atom is 0.0399 e. The Morgan fingerprint density at radius 1 is 1.28 bits per heavy atom. The quantitative estimate of drug-likeness (QED) is 0.818. The van der Waals surface area contributed by atoms with E-state index in [2.05, 4.69) is 63.0 Å². The summed E-state index contributed by atoms with van der Waals surface area (Å²) in [4.78, 5) is 2.56. The molecule has 100 valence electrons. The molecule has 1 saturated heterocycles. The van der Waals surface area contributed by atoms with Crippen molar-refractivity contribution in [2.24, 2.45) is 0 Å². The van der Waals surface area contributed by atoms with Crippen molar-refractivity contribution >= 4 is 5.69 Å². The van der Waals surface area contributed by atoms with Crippen LogP contribution in [-0.4, -0.2) is 24.7 Å². The Morgan fingerprint density at radius 3 is 2.67 bits per heavy atom. The molecule has 2 nitrogen and oxygen atoms in total. The SMILES string of the molecule is Cc1ccc(N2CC(C)(C)NCCC2C)c(C)c1. The lowest BCUT2D eigenvalue weighted by Crippen LogP contribution is -2.47. The highest BCUT2D eigenvalue weighted by atomic mass is 15.2. The fraction of sp³-hybridized carbons (Fsp3) is 0.625. The van der Waals surface area contributed by atoms with E-state index in [-0.39, 0.29) is 5.54 Å². The molecule has 1 aromatic carbocycles. The molecule has 2 heteroatoms. The number of hydrogen-bond donors (Lipinski definition) is 1. The molecule has 1 unspecified atom stereocenters. The number of anilines is 1. The molecule has 0 amide bonds. The predicted molar refractivity (Wildman–Crippen MR) is 79.4 cm³/mol. The fourth-order valence-electron chi connectivity index (χ4n) is 2.86. The molecule has 0 bridgehead atoms. The third-order valence-corrected chi connectivity index (χ3v) is 3.93. The summed E-state index contributed by atoms with van der Waals surface area (Å²) in [5.74, 6) is 0. The Hall–Kier alpha value is -1.02. The van der Waals surface area contributed by atoms with Crippen LogP contribution in [0.4, 0.5) is 5.69 Å². The minimum absolute atomic E-state index is 0.183. The summed E-state index contributed by atoms with van der Waals surface area (Å²) in [6.07, 6.45) is 1.21. The molecule has 0 aliphatic carbocycles. The molecule has 0 aromatic heterocycles. The first kappa shape index (κ1) is 13.4. The first-order chi connectivity index (χ1) is 8.39. The van der Waals surface area contributed by atoms with Crippen LogP contribution < -0.4 is 10.2 Å². The van der Waals surface area contributed by atoms with E-state index in [1.165, 1.54) is 23.2 Å². The summed E-state index contributed by atoms with van der Waals surface area (Å²) >= 11 is 0. The number of aryl methyl sites for hydroxylation is 2. The fourth-order valence-corrected chi connectivity index (χ4v) is 2.86. The van der Waals surface area contributed by atoms with E-state index in [1.807, 2.05) is 0 Å². The normalized spacial score (nSPS) is 23.8. The van der Waals surface area contributed by atoms with Crippen LogP contribution in [0.2, 0.25) is 0 Å². The molecule has 0 spiro atoms. The topological polar surface area (TPSA) is 15.3 Å². The molecule has 2 rings (SSSR count). The zero-order chi connectivity index (χ0) is 13.3. The van der Waals surface area contributed by atoms with Gasteiger partial charge in [-0.25, -0.2) is 0 Å². The summed E-state index contributed by atoms with van der Waals surface area (Å²) < 4.78 is 0. The van der Waals surface area contributed by atoms with Crippen molar-refractivity contribution in [3.8, 4) is 0 Å². The summed E-state index contributed by atoms with van der Waals surface area (Å²) in [6.45, 7) is 13.5. The molecule has 1 aliphatic heterocycles. The summed E-state index contributed by atoms with van der Waals surface area (Å²) in [6, 6.07) is 7.39. The highest BCUT2D eigenvalue weighted by molar-refractivity contribution is 5.55. The number of rotatable bonds is 1. The maximum absolute atomic E-state index is 3.64. The zero-order valence-corrected chi connectivity index (χ0v) is 12.4. The molecular formula is C16H26N2. The molecule has 1 fully saturated rings. The molecule has 1 heterocycles. The number of nitrogens with zero attached hydrogens (tertiary/aromatic N) is 1. The summed E-state index contributed by atoms with van der Waals surface area (Å²) in [7, 11) is 0. The Balaban J connectivity index is 2.33. The molecule has 1 atom stereocenters. The van der Waals surface area contributed by atoms with Crippen molar-refractivity contribution in [3.63, 3.8) is 0 Å². The van der Waals surface area contributed by atoms with Crippen LogP contribution in [0.3, 0.4) is 0 Å². The van der Waals surface area contributed by atoms with E-state index in [1.54, 1.807) is 0 Å². The maximum atomic E-state index is 3.64. The van der Waals surface area contributed by atoms with E-state index < -0.39 is 0 Å². The lowest BCUT2D eigenvalue weighted by Gasteiger charge is -2.35. The minimum atomic E-state index is 0.183. The van der Waals surface area contributed by atoms with Crippen LogP contribution in [0.5, 0.6) is 0 Å². The Labute approximate surface area is 111 Å². The Morgan fingerprint density at radius 2 is 2.00 bits per heavy atom. The smallest absolute Gasteiger partial charge is 0.0399 e. The van der Waals surface area contributed by atoms with Crippen molar-refractivity contribution < 1.29 is 0 Å². The van der Waals surface area contributed by atoms with E-state index in [0.717, 1.165) is 13.1 Å². The van der Waals surface area contributed by atoms with Crippen molar-refractivity contribution in [2.45, 2.75) is 52.6 Å². The third-order valence-electron chi connectivity index (χ3n) is 3.93. The van der Waals surface area contributed by atoms with Gasteiger partial charge in [-0.1, -0.05) is 17.7 Å². The van der Waals surface area contributed by atoms with Crippen molar-refractivity contribution in [1.29, 1.82) is 0 Å². The monoisotopic (exact) mass is 246 g/mol. The van der Waals surface area contributed by atoms with Gasteiger partial charge in [0.05, 0.1) is 0 Å². The highest BCUT2D eigenvalue weighted by Gasteiger charge is 2.28. The van der Waals surface area contributed by atoms with Gasteiger partial charge in [-0.3, -0.25) is 0 Å². The van der Waals surface area contributed by atoms with E-state index in [4.69, 9.17) is 0 Å². The Kier molecular flexibility index (Phi) is 3.67. The molecular weight excluding hydrogens is 220 g/mol. The Bertz CT molecular complexity index is 423. The van der Waals surface area contributed by atoms with Gasteiger partial charge in [-0.15, -0.1) is 0 Å². The van der Waals surface area contributed by atoms with E-state index in [0.29, 0.717) is 6.04 Å². The van der Waals surface area contributed by atoms with Crippen LogP contribution in [0.25, 0.3) is 0 Å². The van der Waals surface area contributed by atoms with Gasteiger partial charge in [-0.2, -0.15) is 0 Å². The second kappa shape index (κ2) is 4.93. The molecule has 1 aromatic rings. The number of hydrogen-bond acceptors (Lipinski definition) is 2. The predicted octanol–water partition coefficient (Wildman–Crippen LogP) is 3.27. The standard InChI is InChI=1S/C16H26N2/c1-12-6-7-15(13(2)10-12)18-11-16(4,5)17-9-8-14(18)3/h6-7,10,14,17H,8-9,11H2,1-5H3. The van der Waals surface area contributed by atoms with Gasteiger partial charge in [0.1, 0.15) is 0 Å². The van der Waals surface area contributed by atoms with Gasteiger partial charge < -0.3 is 10.2 Å². The zero-order valence-electron chi connectivity index (χ0n) is 12.4. The van der Waals surface area contributed by atoms with Crippen molar-refractivity contribution in [2.75, 3.05) is 18.0 Å². The van der Waals surface area contributed by atoms with Gasteiger partial charge >= 0.3 is 0 Å². The minimum Gasteiger partial charge on any atom is -0.367 e. The van der Waals surface area contributed by atoms with E-state index in [9.17, 15) is 0 Å². The van der Waals surface area contributed by atoms with Gasteiger partial charge in [0.2, 0.25) is 0 Å². The average molecular weight is 246 g/mol. The van der Waals surface area contributed by atoms with Crippen LogP contribution in [0.1, 0.15) is 38.3 Å². The van der Waals surface area contributed by atoms with Crippen LogP contribution >= 0.6 is 0 Å². The summed E-state index contributed by atoms with van der Waals surface area (Å²) in [5, 5.41) is 3.64. The molecule has 1 aliphatic rings. The molecule has 0 radical (unpaired) electrons. The first-order valence-electron chi connectivity index (χ1n) is 6.98. The third kappa shape index (κ3) is 2.86. The van der Waals surface area contributed by atoms with E-state index >= 15 is 0 Å². The second-order valence-electron chi connectivity index (χ2n) is 6.37. The first-order valence-corrected chi connectivity index (χ1v) is 6.98. The molecule has 0 saturated carbocycles. The average Bonchev–Trinajstić information content (AvgIpc) is 2.38. The molecule has 18 heavy (non-hydrogen) atoms. The second-order valence-corrected chi connectivity index (χ2v) is 6.37. The largest absolute Gasteiger partial charge is 0.367 e. The van der Waals surface area contributed by atoms with Crippen LogP contribution in [0.15, 0.2) is 18.2 Å².